The van der Waals surface area contributed by atoms with Crippen molar-refractivity contribution in [2.24, 2.45) is 5.92 Å². The molecule has 2 aliphatic heterocycles. The lowest BCUT2D eigenvalue weighted by Gasteiger charge is -2.31. The Hall–Kier alpha value is -4.62. The maximum absolute atomic E-state index is 14.4. The van der Waals surface area contributed by atoms with E-state index in [0.717, 1.165) is 16.7 Å². The number of nitrogens with one attached hydrogen (secondary N) is 2. The van der Waals surface area contributed by atoms with Gasteiger partial charge in [0.15, 0.2) is 5.78 Å². The van der Waals surface area contributed by atoms with Crippen molar-refractivity contribution in [2.75, 3.05) is 5.32 Å². The molecule has 0 saturated carbocycles. The Morgan fingerprint density at radius 3 is 2.08 bits per heavy atom. The lowest BCUT2D eigenvalue weighted by molar-refractivity contribution is -0.384. The average molecular weight is 490 g/mol. The number of amides is 1. The molecule has 1 saturated heterocycles. The van der Waals surface area contributed by atoms with Crippen molar-refractivity contribution < 1.29 is 14.5 Å². The first-order valence-corrected chi connectivity index (χ1v) is 12.1. The molecule has 0 unspecified atom stereocenters. The molecule has 2 heterocycles. The van der Waals surface area contributed by atoms with E-state index in [9.17, 15) is 19.7 Å². The first kappa shape index (κ1) is 22.8. The molecule has 182 valence electrons. The highest BCUT2D eigenvalue weighted by Gasteiger charge is 2.64. The van der Waals surface area contributed by atoms with Crippen LogP contribution in [0.4, 0.5) is 11.4 Å². The van der Waals surface area contributed by atoms with Gasteiger partial charge < -0.3 is 5.32 Å². The van der Waals surface area contributed by atoms with Crippen LogP contribution < -0.4 is 10.6 Å². The number of nitro benzene ring substituents is 1. The van der Waals surface area contributed by atoms with Gasteiger partial charge in [0.2, 0.25) is 5.91 Å². The Morgan fingerprint density at radius 1 is 0.784 bits per heavy atom. The second-order valence-corrected chi connectivity index (χ2v) is 9.42. The molecule has 4 aromatic carbocycles. The minimum atomic E-state index is -1.32. The normalized spacial score (nSPS) is 24.0. The largest absolute Gasteiger partial charge is 0.324 e. The van der Waals surface area contributed by atoms with Gasteiger partial charge in [0, 0.05) is 40.9 Å². The number of Topliss-reactive ketones (excluding diaryl/α,β-unsaturated/α-hetero) is 1. The van der Waals surface area contributed by atoms with Crippen molar-refractivity contribution in [3.63, 3.8) is 0 Å². The zero-order valence-corrected chi connectivity index (χ0v) is 19.7. The van der Waals surface area contributed by atoms with Crippen LogP contribution in [0.2, 0.25) is 0 Å². The predicted octanol–water partition coefficient (Wildman–Crippen LogP) is 5.37. The highest BCUT2D eigenvalue weighted by molar-refractivity contribution is 6.12. The van der Waals surface area contributed by atoms with Crippen LogP contribution in [0.25, 0.3) is 0 Å². The van der Waals surface area contributed by atoms with Crippen molar-refractivity contribution in [3.05, 3.63) is 142 Å². The summed E-state index contributed by atoms with van der Waals surface area (Å²) in [7, 11) is 0. The van der Waals surface area contributed by atoms with Gasteiger partial charge in [0.05, 0.1) is 10.8 Å². The number of ketones is 1. The number of anilines is 1. The molecule has 2 N–H and O–H groups in total. The number of rotatable bonds is 5. The number of nitrogens with zero attached hydrogens (tertiary/aromatic N) is 1. The molecule has 4 atom stereocenters. The van der Waals surface area contributed by atoms with Crippen LogP contribution in [0.1, 0.15) is 39.0 Å². The molecule has 4 aromatic rings. The summed E-state index contributed by atoms with van der Waals surface area (Å²) in [5, 5.41) is 17.9. The Bertz CT molecular complexity index is 1510. The van der Waals surface area contributed by atoms with E-state index in [-0.39, 0.29) is 17.4 Å². The van der Waals surface area contributed by atoms with E-state index in [0.29, 0.717) is 11.3 Å². The standard InChI is InChI=1S/C30H23N3O4/c34-28(21-11-5-2-6-12-21)26-25(19-15-17-22(18-16-19)33(36)37)27(20-9-3-1-4-10-20)32-30(26)23-13-7-8-14-24(23)31-29(30)35/h1-18,25-27,32H,(H,31,35)/t25-,26+,27+,30-/m1/s1. The van der Waals surface area contributed by atoms with Crippen molar-refractivity contribution >= 4 is 23.1 Å². The average Bonchev–Trinajstić information content (AvgIpc) is 3.44. The minimum Gasteiger partial charge on any atom is -0.324 e. The zero-order chi connectivity index (χ0) is 25.6. The molecular weight excluding hydrogens is 466 g/mol. The number of hydrogen-bond donors (Lipinski definition) is 2. The highest BCUT2D eigenvalue weighted by atomic mass is 16.6. The van der Waals surface area contributed by atoms with E-state index in [1.54, 1.807) is 36.4 Å². The fourth-order valence-corrected chi connectivity index (χ4v) is 5.91. The molecule has 1 spiro atoms. The van der Waals surface area contributed by atoms with Gasteiger partial charge in [-0.25, -0.2) is 0 Å². The molecule has 7 nitrogen and oxygen atoms in total. The number of nitro groups is 1. The first-order chi connectivity index (χ1) is 18.0. The molecule has 0 aromatic heterocycles. The molecule has 0 bridgehead atoms. The number of carbonyl (C=O) groups is 2. The number of non-ortho nitro benzene ring substituents is 1. The summed E-state index contributed by atoms with van der Waals surface area (Å²) in [6.45, 7) is 0. The predicted molar refractivity (Wildman–Crippen MR) is 139 cm³/mol. The Balaban J connectivity index is 1.61. The van der Waals surface area contributed by atoms with Crippen molar-refractivity contribution in [3.8, 4) is 0 Å². The number of carbonyl (C=O) groups excluding carboxylic acids is 2. The summed E-state index contributed by atoms with van der Waals surface area (Å²) in [6, 6.07) is 32.0. The minimum absolute atomic E-state index is 0.0319. The van der Waals surface area contributed by atoms with E-state index >= 15 is 0 Å². The molecule has 1 fully saturated rings. The molecule has 0 radical (unpaired) electrons. The van der Waals surface area contributed by atoms with Gasteiger partial charge in [0.25, 0.3) is 5.69 Å². The van der Waals surface area contributed by atoms with E-state index < -0.39 is 28.3 Å². The van der Waals surface area contributed by atoms with Crippen LogP contribution in [0.3, 0.4) is 0 Å². The van der Waals surface area contributed by atoms with Gasteiger partial charge in [-0.05, 0) is 17.2 Å². The summed E-state index contributed by atoms with van der Waals surface area (Å²) >= 11 is 0. The van der Waals surface area contributed by atoms with E-state index in [1.807, 2.05) is 60.7 Å². The molecular formula is C30H23N3O4. The quantitative estimate of drug-likeness (QED) is 0.223. The van der Waals surface area contributed by atoms with Crippen molar-refractivity contribution in [2.45, 2.75) is 17.5 Å². The lowest BCUT2D eigenvalue weighted by Crippen LogP contribution is -2.50. The smallest absolute Gasteiger partial charge is 0.269 e. The fourth-order valence-electron chi connectivity index (χ4n) is 5.91. The number of benzene rings is 4. The van der Waals surface area contributed by atoms with Gasteiger partial charge in [-0.3, -0.25) is 25.0 Å². The second kappa shape index (κ2) is 8.80. The summed E-state index contributed by atoms with van der Waals surface area (Å²) in [4.78, 5) is 39.2. The van der Waals surface area contributed by atoms with E-state index in [2.05, 4.69) is 10.6 Å². The topological polar surface area (TPSA) is 101 Å². The molecule has 2 aliphatic rings. The zero-order valence-electron chi connectivity index (χ0n) is 19.7. The molecule has 6 rings (SSSR count). The number of para-hydroxylation sites is 1. The van der Waals surface area contributed by atoms with Gasteiger partial charge >= 0.3 is 0 Å². The third-order valence-electron chi connectivity index (χ3n) is 7.51. The van der Waals surface area contributed by atoms with Crippen LogP contribution in [-0.2, 0) is 10.3 Å². The third-order valence-corrected chi connectivity index (χ3v) is 7.51. The maximum atomic E-state index is 14.4. The van der Waals surface area contributed by atoms with Gasteiger partial charge in [-0.1, -0.05) is 91.0 Å². The highest BCUT2D eigenvalue weighted by Crippen LogP contribution is 2.57. The van der Waals surface area contributed by atoms with Crippen LogP contribution in [0, 0.1) is 16.0 Å². The third kappa shape index (κ3) is 3.55. The lowest BCUT2D eigenvalue weighted by atomic mass is 9.69. The molecule has 7 heteroatoms. The second-order valence-electron chi connectivity index (χ2n) is 9.42. The van der Waals surface area contributed by atoms with Gasteiger partial charge in [0.1, 0.15) is 5.54 Å². The Labute approximate surface area is 213 Å². The van der Waals surface area contributed by atoms with Crippen molar-refractivity contribution in [1.82, 2.24) is 5.32 Å². The summed E-state index contributed by atoms with van der Waals surface area (Å²) in [6.07, 6.45) is 0. The fraction of sp³-hybridized carbons (Fsp3) is 0.133. The van der Waals surface area contributed by atoms with Crippen LogP contribution >= 0.6 is 0 Å². The first-order valence-electron chi connectivity index (χ1n) is 12.1. The maximum Gasteiger partial charge on any atom is 0.269 e. The van der Waals surface area contributed by atoms with E-state index in [1.165, 1.54) is 12.1 Å². The van der Waals surface area contributed by atoms with Gasteiger partial charge in [-0.15, -0.1) is 0 Å². The Kier molecular flexibility index (Phi) is 5.43. The summed E-state index contributed by atoms with van der Waals surface area (Å²) in [5.41, 5.74) is 2.21. The number of hydrogen-bond acceptors (Lipinski definition) is 5. The van der Waals surface area contributed by atoms with Crippen LogP contribution in [0.15, 0.2) is 109 Å². The molecule has 1 amide bonds. The molecule has 0 aliphatic carbocycles. The van der Waals surface area contributed by atoms with Crippen LogP contribution in [-0.4, -0.2) is 16.6 Å². The monoisotopic (exact) mass is 489 g/mol. The number of fused-ring (bicyclic) bond motifs is 2. The summed E-state index contributed by atoms with van der Waals surface area (Å²) < 4.78 is 0. The molecule has 37 heavy (non-hydrogen) atoms. The summed E-state index contributed by atoms with van der Waals surface area (Å²) in [5.74, 6) is -1.74. The SMILES string of the molecule is O=C(c1ccccc1)[C@@H]1[C@@H](c2ccc([N+](=O)[O-])cc2)[C@H](c2ccccc2)N[C@@]12C(=O)Nc1ccccc12. The van der Waals surface area contributed by atoms with Crippen LogP contribution in [0.5, 0.6) is 0 Å². The Morgan fingerprint density at radius 2 is 1.41 bits per heavy atom. The van der Waals surface area contributed by atoms with E-state index in [4.69, 9.17) is 0 Å². The van der Waals surface area contributed by atoms with Crippen molar-refractivity contribution in [1.29, 1.82) is 0 Å². The van der Waals surface area contributed by atoms with Gasteiger partial charge in [-0.2, -0.15) is 0 Å².